The van der Waals surface area contributed by atoms with Crippen molar-refractivity contribution in [2.75, 3.05) is 5.32 Å². The number of aromatic amines is 1. The standard InChI is InChI=1S/C19H18N6O3/c1-12-16(20-18(26)27)17(28-23-12)19(11-15-21-24-25-22-15)9-7-14(8-10-19)13-5-3-2-4-6-13/h2-9,20H,10-11H2,1H3,(H,26,27)(H,21,22,24,25). The zero-order valence-corrected chi connectivity index (χ0v) is 15.1. The third-order valence-corrected chi connectivity index (χ3v) is 4.78. The van der Waals surface area contributed by atoms with Gasteiger partial charge in [-0.15, -0.1) is 10.2 Å². The number of hydrogen-bond donors (Lipinski definition) is 3. The Morgan fingerprint density at radius 3 is 2.82 bits per heavy atom. The summed E-state index contributed by atoms with van der Waals surface area (Å²) >= 11 is 0. The summed E-state index contributed by atoms with van der Waals surface area (Å²) < 4.78 is 5.59. The minimum Gasteiger partial charge on any atom is -0.465 e. The van der Waals surface area contributed by atoms with Crippen molar-refractivity contribution >= 4 is 17.4 Å². The van der Waals surface area contributed by atoms with Gasteiger partial charge in [-0.2, -0.15) is 5.21 Å². The van der Waals surface area contributed by atoms with Crippen LogP contribution in [0, 0.1) is 6.92 Å². The highest BCUT2D eigenvalue weighted by molar-refractivity contribution is 5.85. The van der Waals surface area contributed by atoms with Crippen LogP contribution in [-0.2, 0) is 11.8 Å². The molecule has 0 fully saturated rings. The van der Waals surface area contributed by atoms with Gasteiger partial charge in [-0.25, -0.2) is 4.79 Å². The number of amides is 1. The van der Waals surface area contributed by atoms with Crippen molar-refractivity contribution in [3.8, 4) is 0 Å². The van der Waals surface area contributed by atoms with E-state index in [1.807, 2.05) is 42.5 Å². The maximum absolute atomic E-state index is 11.3. The number of allylic oxidation sites excluding steroid dienone is 4. The summed E-state index contributed by atoms with van der Waals surface area (Å²) in [4.78, 5) is 11.3. The summed E-state index contributed by atoms with van der Waals surface area (Å²) in [6.45, 7) is 1.69. The molecule has 3 N–H and O–H groups in total. The SMILES string of the molecule is Cc1noc(C2(Cc3nn[nH]n3)C=CC(c3ccccc3)=CC2)c1NC(=O)O. The molecule has 0 radical (unpaired) electrons. The number of hydrogen-bond acceptors (Lipinski definition) is 6. The number of tetrazole rings is 1. The fraction of sp³-hybridized carbons (Fsp3) is 0.211. The van der Waals surface area contributed by atoms with Gasteiger partial charge in [0.1, 0.15) is 11.4 Å². The molecular weight excluding hydrogens is 360 g/mol. The molecule has 9 nitrogen and oxygen atoms in total. The number of carboxylic acid groups (broad SMARTS) is 1. The van der Waals surface area contributed by atoms with Gasteiger partial charge in [-0.1, -0.05) is 58.9 Å². The van der Waals surface area contributed by atoms with E-state index in [0.717, 1.165) is 11.1 Å². The number of aromatic nitrogens is 5. The second kappa shape index (κ2) is 7.10. The Labute approximate surface area is 160 Å². The largest absolute Gasteiger partial charge is 0.465 e. The first-order chi connectivity index (χ1) is 13.6. The van der Waals surface area contributed by atoms with Crippen molar-refractivity contribution in [2.45, 2.75) is 25.2 Å². The van der Waals surface area contributed by atoms with Crippen molar-refractivity contribution in [1.29, 1.82) is 0 Å². The van der Waals surface area contributed by atoms with E-state index >= 15 is 0 Å². The van der Waals surface area contributed by atoms with Gasteiger partial charge in [-0.3, -0.25) is 5.32 Å². The van der Waals surface area contributed by atoms with Crippen LogP contribution < -0.4 is 5.32 Å². The molecular formula is C19H18N6O3. The van der Waals surface area contributed by atoms with Crippen molar-refractivity contribution in [3.05, 3.63) is 71.4 Å². The molecule has 142 valence electrons. The monoisotopic (exact) mass is 378 g/mol. The van der Waals surface area contributed by atoms with Crippen molar-refractivity contribution < 1.29 is 14.4 Å². The maximum Gasteiger partial charge on any atom is 0.409 e. The summed E-state index contributed by atoms with van der Waals surface area (Å²) in [5, 5.41) is 29.8. The van der Waals surface area contributed by atoms with Gasteiger partial charge in [0.05, 0.1) is 5.41 Å². The summed E-state index contributed by atoms with van der Waals surface area (Å²) in [6, 6.07) is 10.0. The number of nitrogens with one attached hydrogen (secondary N) is 2. The van der Waals surface area contributed by atoms with E-state index in [2.05, 4.69) is 37.2 Å². The van der Waals surface area contributed by atoms with Crippen LogP contribution in [0.1, 0.15) is 29.3 Å². The lowest BCUT2D eigenvalue weighted by molar-refractivity contribution is 0.209. The Bertz CT molecular complexity index is 1040. The van der Waals surface area contributed by atoms with Gasteiger partial charge in [0.2, 0.25) is 0 Å². The lowest BCUT2D eigenvalue weighted by Gasteiger charge is -2.29. The van der Waals surface area contributed by atoms with Crippen LogP contribution in [0.2, 0.25) is 0 Å². The number of anilines is 1. The third kappa shape index (κ3) is 3.29. The predicted octanol–water partition coefficient (Wildman–Crippen LogP) is 3.11. The molecule has 2 heterocycles. The Kier molecular flexibility index (Phi) is 4.48. The molecule has 0 spiro atoms. The molecule has 1 aliphatic rings. The summed E-state index contributed by atoms with van der Waals surface area (Å²) in [5.74, 6) is 0.924. The second-order valence-corrected chi connectivity index (χ2v) is 6.63. The lowest BCUT2D eigenvalue weighted by atomic mass is 9.73. The van der Waals surface area contributed by atoms with Gasteiger partial charge in [0.15, 0.2) is 11.6 Å². The smallest absolute Gasteiger partial charge is 0.409 e. The lowest BCUT2D eigenvalue weighted by Crippen LogP contribution is -2.29. The molecule has 0 saturated carbocycles. The molecule has 0 bridgehead atoms. The minimum atomic E-state index is -1.18. The molecule has 9 heteroatoms. The van der Waals surface area contributed by atoms with Crippen molar-refractivity contribution in [2.24, 2.45) is 0 Å². The molecule has 1 aliphatic carbocycles. The molecule has 1 unspecified atom stereocenters. The fourth-order valence-corrected chi connectivity index (χ4v) is 3.41. The van der Waals surface area contributed by atoms with Gasteiger partial charge in [-0.05, 0) is 24.5 Å². The highest BCUT2D eigenvalue weighted by Gasteiger charge is 2.39. The first-order valence-corrected chi connectivity index (χ1v) is 8.71. The topological polar surface area (TPSA) is 130 Å². The van der Waals surface area contributed by atoms with E-state index in [0.29, 0.717) is 35.8 Å². The average Bonchev–Trinajstić information content (AvgIpc) is 3.33. The number of benzene rings is 1. The van der Waals surface area contributed by atoms with E-state index in [9.17, 15) is 9.90 Å². The quantitative estimate of drug-likeness (QED) is 0.622. The molecule has 3 aromatic rings. The molecule has 28 heavy (non-hydrogen) atoms. The second-order valence-electron chi connectivity index (χ2n) is 6.63. The van der Waals surface area contributed by atoms with Crippen LogP contribution in [0.4, 0.5) is 10.5 Å². The first kappa shape index (κ1) is 17.7. The van der Waals surface area contributed by atoms with Crippen LogP contribution in [0.15, 0.2) is 53.1 Å². The molecule has 1 amide bonds. The fourth-order valence-electron chi connectivity index (χ4n) is 3.41. The highest BCUT2D eigenvalue weighted by atomic mass is 16.5. The van der Waals surface area contributed by atoms with E-state index in [-0.39, 0.29) is 0 Å². The highest BCUT2D eigenvalue weighted by Crippen LogP contribution is 2.42. The number of aryl methyl sites for hydroxylation is 1. The van der Waals surface area contributed by atoms with Crippen LogP contribution >= 0.6 is 0 Å². The normalized spacial score (nSPS) is 18.7. The number of carbonyl (C=O) groups is 1. The van der Waals surface area contributed by atoms with Crippen LogP contribution in [0.25, 0.3) is 5.57 Å². The van der Waals surface area contributed by atoms with Crippen molar-refractivity contribution in [1.82, 2.24) is 25.8 Å². The molecule has 2 aromatic heterocycles. The molecule has 4 rings (SSSR count). The van der Waals surface area contributed by atoms with Crippen LogP contribution in [0.5, 0.6) is 0 Å². The molecule has 1 aromatic carbocycles. The zero-order valence-electron chi connectivity index (χ0n) is 15.1. The number of nitrogens with zero attached hydrogens (tertiary/aromatic N) is 4. The maximum atomic E-state index is 11.3. The summed E-state index contributed by atoms with van der Waals surface area (Å²) in [5.41, 5.74) is 2.30. The van der Waals surface area contributed by atoms with Crippen molar-refractivity contribution in [3.63, 3.8) is 0 Å². The minimum absolute atomic E-state index is 0.345. The summed E-state index contributed by atoms with van der Waals surface area (Å²) in [6.07, 6.45) is 5.85. The molecule has 0 saturated heterocycles. The average molecular weight is 378 g/mol. The van der Waals surface area contributed by atoms with Crippen LogP contribution in [0.3, 0.4) is 0 Å². The molecule has 0 aliphatic heterocycles. The van der Waals surface area contributed by atoms with Crippen LogP contribution in [-0.4, -0.2) is 37.0 Å². The van der Waals surface area contributed by atoms with Gasteiger partial charge in [0, 0.05) is 6.42 Å². The Morgan fingerprint density at radius 2 is 2.18 bits per heavy atom. The number of rotatable bonds is 5. The van der Waals surface area contributed by atoms with E-state index < -0.39 is 11.5 Å². The van der Waals surface area contributed by atoms with E-state index in [4.69, 9.17) is 4.52 Å². The Hall–Kier alpha value is -3.75. The van der Waals surface area contributed by atoms with E-state index in [1.54, 1.807) is 6.92 Å². The van der Waals surface area contributed by atoms with Gasteiger partial charge >= 0.3 is 6.09 Å². The molecule has 1 atom stereocenters. The Morgan fingerprint density at radius 1 is 1.36 bits per heavy atom. The zero-order chi connectivity index (χ0) is 19.6. The summed E-state index contributed by atoms with van der Waals surface area (Å²) in [7, 11) is 0. The van der Waals surface area contributed by atoms with Gasteiger partial charge in [0.25, 0.3) is 0 Å². The third-order valence-electron chi connectivity index (χ3n) is 4.78. The van der Waals surface area contributed by atoms with E-state index in [1.165, 1.54) is 0 Å². The number of H-pyrrole nitrogens is 1. The Balaban J connectivity index is 1.75. The van der Waals surface area contributed by atoms with Gasteiger partial charge < -0.3 is 9.63 Å². The first-order valence-electron chi connectivity index (χ1n) is 8.71. The predicted molar refractivity (Wildman–Crippen MR) is 101 cm³/mol.